The fourth-order valence-electron chi connectivity index (χ4n) is 3.46. The number of carboxylic acid groups (broad SMARTS) is 1. The fraction of sp³-hybridized carbons (Fsp3) is 0.400. The van der Waals surface area contributed by atoms with Crippen LogP contribution in [-0.4, -0.2) is 54.7 Å². The van der Waals surface area contributed by atoms with E-state index in [0.717, 1.165) is 36.3 Å². The summed E-state index contributed by atoms with van der Waals surface area (Å²) in [6.07, 6.45) is 1.70. The molecule has 2 aromatic rings. The molecule has 0 saturated carbocycles. The molecule has 1 aliphatic rings. The highest BCUT2D eigenvalue weighted by Crippen LogP contribution is 2.37. The maximum Gasteiger partial charge on any atom is 0.326 e. The third-order valence-electron chi connectivity index (χ3n) is 5.03. The van der Waals surface area contributed by atoms with Crippen molar-refractivity contribution in [2.75, 3.05) is 25.6 Å². The van der Waals surface area contributed by atoms with Crippen LogP contribution in [0.25, 0.3) is 11.1 Å². The molecule has 1 saturated heterocycles. The van der Waals surface area contributed by atoms with Gasteiger partial charge in [-0.2, -0.15) is 0 Å². The number of likely N-dealkylation sites (N-methyl/N-ethyl adjacent to an activating group) is 1. The van der Waals surface area contributed by atoms with E-state index in [-0.39, 0.29) is 11.9 Å². The molecule has 7 heteroatoms. The molecular weight excluding hydrogens is 364 g/mol. The maximum atomic E-state index is 13.2. The number of methoxy groups -OCH3 is 1. The molecule has 27 heavy (non-hydrogen) atoms. The molecule has 0 radical (unpaired) electrons. The summed E-state index contributed by atoms with van der Waals surface area (Å²) in [6.45, 7) is 2.40. The van der Waals surface area contributed by atoms with Gasteiger partial charge in [-0.15, -0.1) is 11.3 Å². The average molecular weight is 388 g/mol. The Balaban J connectivity index is 1.97. The molecule has 1 aliphatic heterocycles. The van der Waals surface area contributed by atoms with Crippen molar-refractivity contribution in [1.29, 1.82) is 0 Å². The van der Waals surface area contributed by atoms with Crippen LogP contribution in [0.2, 0.25) is 0 Å². The number of thiophene rings is 1. The van der Waals surface area contributed by atoms with Crippen LogP contribution >= 0.6 is 11.3 Å². The number of carbonyl (C=O) groups is 2. The summed E-state index contributed by atoms with van der Waals surface area (Å²) in [7, 11) is 3.53. The summed E-state index contributed by atoms with van der Waals surface area (Å²) in [4.78, 5) is 28.3. The summed E-state index contributed by atoms with van der Waals surface area (Å²) < 4.78 is 5.42. The van der Waals surface area contributed by atoms with Gasteiger partial charge in [0.1, 0.15) is 11.8 Å². The van der Waals surface area contributed by atoms with E-state index >= 15 is 0 Å². The molecule has 3 rings (SSSR count). The van der Waals surface area contributed by atoms with Crippen molar-refractivity contribution < 1.29 is 19.4 Å². The standard InChI is InChI=1S/C20H24N2O4S/c1-13(20(24)25)22(19(23)16-8-6-10-21(16)2)18-11-14(12-27-18)15-7-4-5-9-17(15)26-3/h4-5,7,9,11-13,16H,6,8,10H2,1-3H3,(H,24,25)/t13-,16-/m0/s1. The summed E-state index contributed by atoms with van der Waals surface area (Å²) >= 11 is 1.37. The molecule has 1 fully saturated rings. The highest BCUT2D eigenvalue weighted by molar-refractivity contribution is 7.14. The first-order valence-corrected chi connectivity index (χ1v) is 9.80. The van der Waals surface area contributed by atoms with Gasteiger partial charge in [-0.05, 0) is 51.1 Å². The van der Waals surface area contributed by atoms with E-state index in [1.54, 1.807) is 14.0 Å². The summed E-state index contributed by atoms with van der Waals surface area (Å²) in [5, 5.41) is 12.1. The number of para-hydroxylation sites is 1. The predicted molar refractivity (Wildman–Crippen MR) is 107 cm³/mol. The van der Waals surface area contributed by atoms with E-state index in [0.29, 0.717) is 5.00 Å². The van der Waals surface area contributed by atoms with Crippen molar-refractivity contribution in [3.8, 4) is 16.9 Å². The first kappa shape index (κ1) is 19.4. The quantitative estimate of drug-likeness (QED) is 0.822. The first-order chi connectivity index (χ1) is 12.9. The zero-order valence-electron chi connectivity index (χ0n) is 15.7. The molecule has 1 aromatic carbocycles. The molecule has 0 unspecified atom stereocenters. The Morgan fingerprint density at radius 3 is 2.74 bits per heavy atom. The second-order valence-electron chi connectivity index (χ2n) is 6.73. The van der Waals surface area contributed by atoms with E-state index in [1.807, 2.05) is 47.7 Å². The number of hydrogen-bond donors (Lipinski definition) is 1. The van der Waals surface area contributed by atoms with E-state index < -0.39 is 12.0 Å². The van der Waals surface area contributed by atoms with Gasteiger partial charge in [-0.25, -0.2) is 4.79 Å². The van der Waals surface area contributed by atoms with Crippen LogP contribution < -0.4 is 9.64 Å². The zero-order valence-corrected chi connectivity index (χ0v) is 16.5. The number of benzene rings is 1. The van der Waals surface area contributed by atoms with E-state index in [4.69, 9.17) is 4.74 Å². The molecule has 0 bridgehead atoms. The molecule has 6 nitrogen and oxygen atoms in total. The Labute approximate surface area is 163 Å². The van der Waals surface area contributed by atoms with Crippen LogP contribution in [0.1, 0.15) is 19.8 Å². The normalized spacial score (nSPS) is 18.3. The summed E-state index contributed by atoms with van der Waals surface area (Å²) in [6, 6.07) is 8.30. The van der Waals surface area contributed by atoms with E-state index in [1.165, 1.54) is 16.2 Å². The lowest BCUT2D eigenvalue weighted by Gasteiger charge is -2.30. The Hall–Kier alpha value is -2.38. The third-order valence-corrected chi connectivity index (χ3v) is 5.96. The molecule has 1 N–H and O–H groups in total. The second kappa shape index (κ2) is 8.10. The van der Waals surface area contributed by atoms with Crippen LogP contribution in [0, 0.1) is 0 Å². The number of aliphatic carboxylic acids is 1. The van der Waals surface area contributed by atoms with Crippen molar-refractivity contribution in [1.82, 2.24) is 4.90 Å². The minimum Gasteiger partial charge on any atom is -0.496 e. The van der Waals surface area contributed by atoms with Gasteiger partial charge in [0, 0.05) is 10.9 Å². The molecule has 2 atom stereocenters. The molecule has 144 valence electrons. The van der Waals surface area contributed by atoms with Gasteiger partial charge in [0.15, 0.2) is 0 Å². The monoisotopic (exact) mass is 388 g/mol. The lowest BCUT2D eigenvalue weighted by Crippen LogP contribution is -2.50. The molecule has 0 aliphatic carbocycles. The van der Waals surface area contributed by atoms with Crippen LogP contribution in [0.4, 0.5) is 5.00 Å². The topological polar surface area (TPSA) is 70.1 Å². The molecule has 2 heterocycles. The van der Waals surface area contributed by atoms with Gasteiger partial charge in [-0.1, -0.05) is 18.2 Å². The van der Waals surface area contributed by atoms with E-state index in [9.17, 15) is 14.7 Å². The van der Waals surface area contributed by atoms with Crippen LogP contribution in [0.15, 0.2) is 35.7 Å². The largest absolute Gasteiger partial charge is 0.496 e. The van der Waals surface area contributed by atoms with Gasteiger partial charge in [0.05, 0.1) is 18.2 Å². The molecule has 1 amide bonds. The number of likely N-dealkylation sites (tertiary alicyclic amines) is 1. The smallest absolute Gasteiger partial charge is 0.326 e. The lowest BCUT2D eigenvalue weighted by molar-refractivity contribution is -0.140. The van der Waals surface area contributed by atoms with Gasteiger partial charge in [0.25, 0.3) is 0 Å². The van der Waals surface area contributed by atoms with E-state index in [2.05, 4.69) is 0 Å². The average Bonchev–Trinajstić information content (AvgIpc) is 3.30. The number of carboxylic acids is 1. The number of anilines is 1. The number of rotatable bonds is 6. The lowest BCUT2D eigenvalue weighted by atomic mass is 10.1. The van der Waals surface area contributed by atoms with Crippen LogP contribution in [-0.2, 0) is 9.59 Å². The van der Waals surface area contributed by atoms with Crippen molar-refractivity contribution in [2.45, 2.75) is 31.8 Å². The Morgan fingerprint density at radius 2 is 2.11 bits per heavy atom. The van der Waals surface area contributed by atoms with Gasteiger partial charge in [0.2, 0.25) is 5.91 Å². The van der Waals surface area contributed by atoms with Crippen molar-refractivity contribution in [3.05, 3.63) is 35.7 Å². The highest BCUT2D eigenvalue weighted by Gasteiger charge is 2.37. The Kier molecular flexibility index (Phi) is 5.82. The maximum absolute atomic E-state index is 13.2. The molecule has 1 aromatic heterocycles. The van der Waals surface area contributed by atoms with Crippen molar-refractivity contribution in [2.24, 2.45) is 0 Å². The minimum absolute atomic E-state index is 0.154. The number of ether oxygens (including phenoxy) is 1. The van der Waals surface area contributed by atoms with Crippen molar-refractivity contribution >= 4 is 28.2 Å². The Morgan fingerprint density at radius 1 is 1.37 bits per heavy atom. The van der Waals surface area contributed by atoms with Crippen molar-refractivity contribution in [3.63, 3.8) is 0 Å². The SMILES string of the molecule is COc1ccccc1-c1csc(N(C(=O)[C@@H]2CCCN2C)[C@@H](C)C(=O)O)c1. The van der Waals surface area contributed by atoms with Crippen LogP contribution in [0.5, 0.6) is 5.75 Å². The Bertz CT molecular complexity index is 835. The van der Waals surface area contributed by atoms with Gasteiger partial charge in [-0.3, -0.25) is 14.6 Å². The highest BCUT2D eigenvalue weighted by atomic mass is 32.1. The third kappa shape index (κ3) is 3.84. The zero-order chi connectivity index (χ0) is 19.6. The molecular formula is C20H24N2O4S. The van der Waals surface area contributed by atoms with Gasteiger partial charge >= 0.3 is 5.97 Å². The predicted octanol–water partition coefficient (Wildman–Crippen LogP) is 3.32. The summed E-state index contributed by atoms with van der Waals surface area (Å²) in [5.74, 6) is -0.434. The number of carbonyl (C=O) groups excluding carboxylic acids is 1. The second-order valence-corrected chi connectivity index (χ2v) is 7.62. The summed E-state index contributed by atoms with van der Waals surface area (Å²) in [5.41, 5.74) is 1.82. The first-order valence-electron chi connectivity index (χ1n) is 8.92. The minimum atomic E-state index is -1.02. The number of nitrogens with zero attached hydrogens (tertiary/aromatic N) is 2. The van der Waals surface area contributed by atoms with Crippen LogP contribution in [0.3, 0.4) is 0 Å². The number of amides is 1. The fourth-order valence-corrected chi connectivity index (χ4v) is 4.46. The number of hydrogen-bond acceptors (Lipinski definition) is 5. The molecule has 0 spiro atoms. The van der Waals surface area contributed by atoms with Gasteiger partial charge < -0.3 is 9.84 Å².